The minimum Gasteiger partial charge on any atom is -0.432 e. The van der Waals surface area contributed by atoms with Gasteiger partial charge < -0.3 is 18.9 Å². The summed E-state index contributed by atoms with van der Waals surface area (Å²) in [5.41, 5.74) is 0.371. The standard InChI is InChI=1S/C56H66O20Si4/c1-9-35(5)77-45-21-13-39(14-22-45)49(57)69-73-53(61)65-31-29-43(33-67-55(63)75-71-51(59)41-17-25-47(26-18-41)79-37(7)11-3)44(34-68-56(64)76-72-52(60)42-19-27-48(28-20-42)80-38(8)12-4)30-32-66-54(62)74-70-50(58)40-15-23-46(24-16-40)78-36(6)10-2/h9-28,43-44H,29-34,77-80H2,1-8H3/b35-9+,36-10+,37-11+,38-12+. The van der Waals surface area contributed by atoms with E-state index >= 15 is 0 Å². The molecule has 80 heavy (non-hydrogen) atoms. The first-order valence-corrected chi connectivity index (χ1v) is 31.1. The molecule has 0 aromatic heterocycles. The fraction of sp³-hybridized carbons (Fsp3) is 0.286. The normalized spacial score (nSPS) is 12.9. The molecule has 0 heterocycles. The lowest BCUT2D eigenvalue weighted by atomic mass is 9.88. The summed E-state index contributed by atoms with van der Waals surface area (Å²) in [6.07, 6.45) is 1.77. The molecule has 4 aromatic rings. The Labute approximate surface area is 472 Å². The van der Waals surface area contributed by atoms with Crippen molar-refractivity contribution in [2.24, 2.45) is 11.8 Å². The van der Waals surface area contributed by atoms with Crippen LogP contribution in [0.5, 0.6) is 0 Å². The van der Waals surface area contributed by atoms with E-state index in [9.17, 15) is 38.4 Å². The van der Waals surface area contributed by atoms with Gasteiger partial charge in [0.05, 0.1) is 86.8 Å². The molecule has 0 N–H and O–H groups in total. The summed E-state index contributed by atoms with van der Waals surface area (Å²) >= 11 is 0. The lowest BCUT2D eigenvalue weighted by Gasteiger charge is -2.25. The number of carbonyl (C=O) groups excluding carboxylic acids is 8. The summed E-state index contributed by atoms with van der Waals surface area (Å²) < 4.78 is 20.9. The monoisotopic (exact) mass is 1170 g/mol. The van der Waals surface area contributed by atoms with Crippen LogP contribution in [0, 0.1) is 11.8 Å². The molecule has 4 aromatic carbocycles. The smallest absolute Gasteiger partial charge is 0.432 e. The Morgan fingerprint density at radius 1 is 0.338 bits per heavy atom. The fourth-order valence-electron chi connectivity index (χ4n) is 7.15. The first kappa shape index (κ1) is 64.2. The summed E-state index contributed by atoms with van der Waals surface area (Å²) in [5, 5.41) is 9.27. The van der Waals surface area contributed by atoms with Crippen molar-refractivity contribution >= 4 is 107 Å². The minimum atomic E-state index is -1.49. The molecule has 0 radical (unpaired) electrons. The van der Waals surface area contributed by atoms with Gasteiger partial charge in [0.15, 0.2) is 0 Å². The molecular formula is C56H66O20Si4. The third-order valence-electron chi connectivity index (χ3n) is 12.3. The number of ether oxygens (including phenoxy) is 4. The first-order valence-electron chi connectivity index (χ1n) is 25.4. The maximum atomic E-state index is 12.9. The number of benzene rings is 4. The molecule has 0 fully saturated rings. The van der Waals surface area contributed by atoms with Crippen LogP contribution in [-0.2, 0) is 58.0 Å². The van der Waals surface area contributed by atoms with Crippen LogP contribution in [0.2, 0.25) is 0 Å². The van der Waals surface area contributed by atoms with Gasteiger partial charge in [-0.1, -0.05) is 114 Å². The van der Waals surface area contributed by atoms with E-state index in [1.807, 2.05) is 79.7 Å². The SMILES string of the molecule is C/C=C(\C)[SiH2]c1ccc(C(=O)OOC(=O)OCCC(COC(=O)OOC(=O)c2ccc([SiH2]/C(C)=C/C)cc2)C(CCOC(=O)OOC(=O)c2ccc([SiH2]/C(C)=C/C)cc2)COC(=O)OOC(=O)c2ccc([SiH2]/C(C)=C/C)cc2)cc1. The van der Waals surface area contributed by atoms with Gasteiger partial charge in [-0.05, 0) is 117 Å². The maximum absolute atomic E-state index is 12.9. The Kier molecular flexibility index (Phi) is 27.7. The zero-order valence-electron chi connectivity index (χ0n) is 45.9. The molecule has 0 aliphatic rings. The quantitative estimate of drug-likeness (QED) is 0.0289. The average molecular weight is 1170 g/mol. The van der Waals surface area contributed by atoms with Crippen LogP contribution in [0.4, 0.5) is 19.2 Å². The highest BCUT2D eigenvalue weighted by Crippen LogP contribution is 2.23. The van der Waals surface area contributed by atoms with Gasteiger partial charge in [-0.15, -0.1) is 0 Å². The number of hydrogen-bond acceptors (Lipinski definition) is 20. The van der Waals surface area contributed by atoms with Crippen molar-refractivity contribution in [3.63, 3.8) is 0 Å². The second-order valence-corrected chi connectivity index (χ2v) is 27.4. The summed E-state index contributed by atoms with van der Waals surface area (Å²) in [7, 11) is -2.84. The van der Waals surface area contributed by atoms with Crippen LogP contribution in [0.3, 0.4) is 0 Å². The molecule has 0 bridgehead atoms. The van der Waals surface area contributed by atoms with E-state index in [1.54, 1.807) is 48.5 Å². The number of carbonyl (C=O) groups is 8. The van der Waals surface area contributed by atoms with Crippen LogP contribution in [0.15, 0.2) is 142 Å². The van der Waals surface area contributed by atoms with Crippen molar-refractivity contribution in [3.05, 3.63) is 164 Å². The highest BCUT2D eigenvalue weighted by atomic mass is 28.2. The van der Waals surface area contributed by atoms with Crippen molar-refractivity contribution in [1.29, 1.82) is 0 Å². The average Bonchev–Trinajstić information content (AvgIpc) is 3.46. The largest absolute Gasteiger partial charge is 0.549 e. The van der Waals surface area contributed by atoms with Gasteiger partial charge >= 0.3 is 48.5 Å². The molecule has 426 valence electrons. The Balaban J connectivity index is 1.46. The van der Waals surface area contributed by atoms with E-state index < -0.39 is 125 Å². The number of rotatable bonds is 23. The van der Waals surface area contributed by atoms with Crippen LogP contribution in [0.1, 0.15) is 110 Å². The van der Waals surface area contributed by atoms with Crippen molar-refractivity contribution < 1.29 is 96.4 Å². The number of hydrogen-bond donors (Lipinski definition) is 0. The Hall–Kier alpha value is -8.33. The molecule has 2 atom stereocenters. The van der Waals surface area contributed by atoms with E-state index in [1.165, 1.54) is 69.3 Å². The summed E-state index contributed by atoms with van der Waals surface area (Å²) in [6.45, 7) is 13.6. The van der Waals surface area contributed by atoms with Gasteiger partial charge in [0.2, 0.25) is 0 Å². The molecule has 2 unspecified atom stereocenters. The summed E-state index contributed by atoms with van der Waals surface area (Å²) in [6, 6.07) is 26.4. The molecule has 0 saturated carbocycles. The second-order valence-electron chi connectivity index (χ2n) is 18.3. The van der Waals surface area contributed by atoms with Crippen molar-refractivity contribution in [2.45, 2.75) is 68.2 Å². The van der Waals surface area contributed by atoms with Crippen LogP contribution in [-0.4, -0.2) is 113 Å². The lowest BCUT2D eigenvalue weighted by Crippen LogP contribution is -2.30. The molecule has 0 spiro atoms. The molecule has 20 nitrogen and oxygen atoms in total. The summed E-state index contributed by atoms with van der Waals surface area (Å²) in [5.74, 6) is -6.03. The minimum absolute atomic E-state index is 0.0826. The van der Waals surface area contributed by atoms with E-state index in [-0.39, 0.29) is 35.1 Å². The van der Waals surface area contributed by atoms with Crippen molar-refractivity contribution in [1.82, 2.24) is 0 Å². The molecule has 0 saturated heterocycles. The van der Waals surface area contributed by atoms with Gasteiger partial charge in [0.1, 0.15) is 0 Å². The topological polar surface area (TPSA) is 247 Å². The van der Waals surface area contributed by atoms with Crippen LogP contribution >= 0.6 is 0 Å². The Bertz CT molecular complexity index is 2670. The number of allylic oxidation sites excluding steroid dienone is 8. The first-order chi connectivity index (χ1) is 38.4. The van der Waals surface area contributed by atoms with Gasteiger partial charge in [0.25, 0.3) is 0 Å². The lowest BCUT2D eigenvalue weighted by molar-refractivity contribution is -0.208. The molecule has 0 amide bonds. The van der Waals surface area contributed by atoms with Gasteiger partial charge in [-0.25, -0.2) is 58.3 Å². The molecule has 24 heteroatoms. The van der Waals surface area contributed by atoms with E-state index in [0.717, 1.165) is 20.7 Å². The Morgan fingerprint density at radius 3 is 0.762 bits per heavy atom. The second kappa shape index (κ2) is 34.5. The molecule has 4 rings (SSSR count). The van der Waals surface area contributed by atoms with Crippen molar-refractivity contribution in [2.75, 3.05) is 26.4 Å². The summed E-state index contributed by atoms with van der Waals surface area (Å²) in [4.78, 5) is 139. The molecule has 0 aliphatic carbocycles. The predicted molar refractivity (Wildman–Crippen MR) is 304 cm³/mol. The Morgan fingerprint density at radius 2 is 0.550 bits per heavy atom. The van der Waals surface area contributed by atoms with Gasteiger partial charge in [-0.3, -0.25) is 0 Å². The molecular weight excluding hydrogens is 1100 g/mol. The van der Waals surface area contributed by atoms with Crippen LogP contribution in [0.25, 0.3) is 0 Å². The highest BCUT2D eigenvalue weighted by Gasteiger charge is 2.29. The zero-order chi connectivity index (χ0) is 58.4. The predicted octanol–water partition coefficient (Wildman–Crippen LogP) is 5.57. The fourth-order valence-corrected chi connectivity index (χ4v) is 12.4. The molecule has 0 aliphatic heterocycles. The van der Waals surface area contributed by atoms with Gasteiger partial charge in [-0.2, -0.15) is 19.2 Å². The highest BCUT2D eigenvalue weighted by molar-refractivity contribution is 6.62. The van der Waals surface area contributed by atoms with E-state index in [2.05, 4.69) is 19.6 Å². The third kappa shape index (κ3) is 23.7. The van der Waals surface area contributed by atoms with E-state index in [4.69, 9.17) is 38.5 Å². The van der Waals surface area contributed by atoms with Crippen molar-refractivity contribution in [3.8, 4) is 0 Å². The maximum Gasteiger partial charge on any atom is 0.549 e. The third-order valence-corrected chi connectivity index (χ3v) is 19.7. The van der Waals surface area contributed by atoms with Crippen LogP contribution < -0.4 is 20.7 Å². The van der Waals surface area contributed by atoms with E-state index in [0.29, 0.717) is 0 Å². The van der Waals surface area contributed by atoms with Gasteiger partial charge in [0, 0.05) is 11.8 Å². The zero-order valence-corrected chi connectivity index (χ0v) is 51.6.